The Morgan fingerprint density at radius 2 is 1.94 bits per heavy atom. The second kappa shape index (κ2) is 4.02. The van der Waals surface area contributed by atoms with Crippen molar-refractivity contribution < 1.29 is 15.0 Å². The molecule has 2 rings (SSSR count). The van der Waals surface area contributed by atoms with E-state index >= 15 is 0 Å². The summed E-state index contributed by atoms with van der Waals surface area (Å²) in [6, 6.07) is 4.14. The van der Waals surface area contributed by atoms with Crippen molar-refractivity contribution in [2.24, 2.45) is 11.7 Å². The van der Waals surface area contributed by atoms with Gasteiger partial charge in [0.15, 0.2) is 0 Å². The van der Waals surface area contributed by atoms with Crippen LogP contribution in [0.3, 0.4) is 0 Å². The Morgan fingerprint density at radius 3 is 2.44 bits per heavy atom. The second-order valence-electron chi connectivity index (χ2n) is 4.02. The number of carbonyl (C=O) groups excluding carboxylic acids is 1. The standard InChI is InChI=1S/C11H14N2O3/c12-5-7-1-11(16)13(6-7)8-2-9(14)4-10(15)3-8/h2-4,7,14-15H,1,5-6,12H2. The molecule has 16 heavy (non-hydrogen) atoms. The Labute approximate surface area is 93.1 Å². The molecule has 0 aliphatic carbocycles. The summed E-state index contributed by atoms with van der Waals surface area (Å²) in [4.78, 5) is 13.2. The highest BCUT2D eigenvalue weighted by Crippen LogP contribution is 2.30. The van der Waals surface area contributed by atoms with Crippen LogP contribution in [0.2, 0.25) is 0 Å². The summed E-state index contributed by atoms with van der Waals surface area (Å²) in [6.07, 6.45) is 0.424. The quantitative estimate of drug-likeness (QED) is 0.676. The molecular weight excluding hydrogens is 208 g/mol. The van der Waals surface area contributed by atoms with Gasteiger partial charge in [-0.1, -0.05) is 0 Å². The predicted octanol–water partition coefficient (Wildman–Crippen LogP) is 0.409. The lowest BCUT2D eigenvalue weighted by molar-refractivity contribution is -0.117. The van der Waals surface area contributed by atoms with Crippen molar-refractivity contribution >= 4 is 11.6 Å². The number of anilines is 1. The van der Waals surface area contributed by atoms with Gasteiger partial charge >= 0.3 is 0 Å². The number of phenolic OH excluding ortho intramolecular Hbond substituents is 2. The highest BCUT2D eigenvalue weighted by molar-refractivity contribution is 5.96. The van der Waals surface area contributed by atoms with Gasteiger partial charge in [-0.15, -0.1) is 0 Å². The van der Waals surface area contributed by atoms with E-state index in [0.29, 0.717) is 25.2 Å². The normalized spacial score (nSPS) is 20.4. The molecule has 1 amide bonds. The van der Waals surface area contributed by atoms with E-state index in [-0.39, 0.29) is 23.3 Å². The average molecular weight is 222 g/mol. The molecule has 0 bridgehead atoms. The van der Waals surface area contributed by atoms with Crippen molar-refractivity contribution in [1.29, 1.82) is 0 Å². The Morgan fingerprint density at radius 1 is 1.31 bits per heavy atom. The summed E-state index contributed by atoms with van der Waals surface area (Å²) >= 11 is 0. The minimum atomic E-state index is -0.0565. The van der Waals surface area contributed by atoms with Crippen LogP contribution in [0, 0.1) is 5.92 Å². The monoisotopic (exact) mass is 222 g/mol. The highest BCUT2D eigenvalue weighted by Gasteiger charge is 2.29. The third kappa shape index (κ3) is 1.94. The number of amides is 1. The van der Waals surface area contributed by atoms with Crippen LogP contribution >= 0.6 is 0 Å². The van der Waals surface area contributed by atoms with E-state index in [0.717, 1.165) is 0 Å². The molecular formula is C11H14N2O3. The number of benzene rings is 1. The van der Waals surface area contributed by atoms with Crippen molar-refractivity contribution in [1.82, 2.24) is 0 Å². The van der Waals surface area contributed by atoms with Gasteiger partial charge in [0.25, 0.3) is 0 Å². The van der Waals surface area contributed by atoms with E-state index < -0.39 is 0 Å². The first kappa shape index (κ1) is 10.8. The molecule has 1 aromatic carbocycles. The van der Waals surface area contributed by atoms with E-state index in [9.17, 15) is 15.0 Å². The van der Waals surface area contributed by atoms with E-state index in [1.54, 1.807) is 0 Å². The first-order chi connectivity index (χ1) is 7.60. The zero-order valence-electron chi connectivity index (χ0n) is 8.76. The first-order valence-corrected chi connectivity index (χ1v) is 5.13. The summed E-state index contributed by atoms with van der Waals surface area (Å²) in [6.45, 7) is 1.01. The number of rotatable bonds is 2. The van der Waals surface area contributed by atoms with Gasteiger partial charge in [0.1, 0.15) is 11.5 Å². The van der Waals surface area contributed by atoms with Gasteiger partial charge in [-0.25, -0.2) is 0 Å². The maximum atomic E-state index is 11.7. The molecule has 1 aliphatic heterocycles. The third-order valence-corrected chi connectivity index (χ3v) is 2.74. The van der Waals surface area contributed by atoms with Crippen LogP contribution in [0.25, 0.3) is 0 Å². The number of hydrogen-bond donors (Lipinski definition) is 3. The lowest BCUT2D eigenvalue weighted by Gasteiger charge is -2.17. The van der Waals surface area contributed by atoms with Crippen molar-refractivity contribution in [3.8, 4) is 11.5 Å². The zero-order chi connectivity index (χ0) is 11.7. The van der Waals surface area contributed by atoms with Gasteiger partial charge in [-0.3, -0.25) is 4.79 Å². The molecule has 5 nitrogen and oxygen atoms in total. The van der Waals surface area contributed by atoms with Gasteiger partial charge in [0, 0.05) is 31.2 Å². The molecule has 1 fully saturated rings. The molecule has 86 valence electrons. The molecule has 0 aromatic heterocycles. The first-order valence-electron chi connectivity index (χ1n) is 5.13. The summed E-state index contributed by atoms with van der Waals surface area (Å²) < 4.78 is 0. The summed E-state index contributed by atoms with van der Waals surface area (Å²) in [7, 11) is 0. The zero-order valence-corrected chi connectivity index (χ0v) is 8.76. The molecule has 5 heteroatoms. The SMILES string of the molecule is NCC1CC(=O)N(c2cc(O)cc(O)c2)C1. The molecule has 1 aromatic rings. The van der Waals surface area contributed by atoms with Crippen molar-refractivity contribution in [2.75, 3.05) is 18.0 Å². The number of carbonyl (C=O) groups is 1. The lowest BCUT2D eigenvalue weighted by Crippen LogP contribution is -2.25. The second-order valence-corrected chi connectivity index (χ2v) is 4.02. The van der Waals surface area contributed by atoms with E-state index in [2.05, 4.69) is 0 Å². The Kier molecular flexibility index (Phi) is 2.70. The number of nitrogens with zero attached hydrogens (tertiary/aromatic N) is 1. The van der Waals surface area contributed by atoms with Crippen molar-refractivity contribution in [2.45, 2.75) is 6.42 Å². The fraction of sp³-hybridized carbons (Fsp3) is 0.364. The highest BCUT2D eigenvalue weighted by atomic mass is 16.3. The van der Waals surface area contributed by atoms with Gasteiger partial charge in [0.2, 0.25) is 5.91 Å². The van der Waals surface area contributed by atoms with Crippen LogP contribution in [-0.2, 0) is 4.79 Å². The molecule has 0 radical (unpaired) electrons. The fourth-order valence-electron chi connectivity index (χ4n) is 1.92. The predicted molar refractivity (Wildman–Crippen MR) is 59.3 cm³/mol. The number of aromatic hydroxyl groups is 2. The topological polar surface area (TPSA) is 86.8 Å². The average Bonchev–Trinajstić information content (AvgIpc) is 2.58. The lowest BCUT2D eigenvalue weighted by atomic mass is 10.1. The van der Waals surface area contributed by atoms with Crippen LogP contribution in [0.5, 0.6) is 11.5 Å². The Balaban J connectivity index is 2.27. The van der Waals surface area contributed by atoms with Gasteiger partial charge in [-0.2, -0.15) is 0 Å². The minimum absolute atomic E-state index is 0.0274. The van der Waals surface area contributed by atoms with Gasteiger partial charge in [0.05, 0.1) is 5.69 Å². The van der Waals surface area contributed by atoms with Gasteiger partial charge in [-0.05, 0) is 12.5 Å². The third-order valence-electron chi connectivity index (χ3n) is 2.74. The summed E-state index contributed by atoms with van der Waals surface area (Å²) in [5, 5.41) is 18.7. The molecule has 1 unspecified atom stereocenters. The largest absolute Gasteiger partial charge is 0.508 e. The van der Waals surface area contributed by atoms with E-state index in [1.165, 1.54) is 23.1 Å². The number of hydrogen-bond acceptors (Lipinski definition) is 4. The van der Waals surface area contributed by atoms with E-state index in [1.807, 2.05) is 0 Å². The van der Waals surface area contributed by atoms with Crippen LogP contribution < -0.4 is 10.6 Å². The van der Waals surface area contributed by atoms with Crippen LogP contribution in [0.4, 0.5) is 5.69 Å². The van der Waals surface area contributed by atoms with Crippen molar-refractivity contribution in [3.63, 3.8) is 0 Å². The maximum Gasteiger partial charge on any atom is 0.227 e. The summed E-state index contributed by atoms with van der Waals surface area (Å²) in [5.74, 6) is 0.00967. The number of nitrogens with two attached hydrogens (primary N) is 1. The molecule has 1 saturated heterocycles. The summed E-state index contributed by atoms with van der Waals surface area (Å²) in [5.41, 5.74) is 6.03. The molecule has 1 heterocycles. The van der Waals surface area contributed by atoms with E-state index in [4.69, 9.17) is 5.73 Å². The van der Waals surface area contributed by atoms with Crippen LogP contribution in [-0.4, -0.2) is 29.2 Å². The molecule has 0 saturated carbocycles. The number of phenols is 2. The molecule has 1 aliphatic rings. The fourth-order valence-corrected chi connectivity index (χ4v) is 1.92. The molecule has 4 N–H and O–H groups in total. The molecule has 0 spiro atoms. The van der Waals surface area contributed by atoms with Crippen LogP contribution in [0.15, 0.2) is 18.2 Å². The van der Waals surface area contributed by atoms with Crippen molar-refractivity contribution in [3.05, 3.63) is 18.2 Å². The maximum absolute atomic E-state index is 11.7. The smallest absolute Gasteiger partial charge is 0.227 e. The molecule has 1 atom stereocenters. The Hall–Kier alpha value is -1.75. The van der Waals surface area contributed by atoms with Crippen LogP contribution in [0.1, 0.15) is 6.42 Å². The van der Waals surface area contributed by atoms with Gasteiger partial charge < -0.3 is 20.8 Å². The Bertz CT molecular complexity index is 399. The minimum Gasteiger partial charge on any atom is -0.508 e.